The van der Waals surface area contributed by atoms with Crippen LogP contribution in [0.2, 0.25) is 10.0 Å². The van der Waals surface area contributed by atoms with Gasteiger partial charge in [-0.25, -0.2) is 0 Å². The van der Waals surface area contributed by atoms with Gasteiger partial charge in [0.1, 0.15) is 6.10 Å². The van der Waals surface area contributed by atoms with Crippen molar-refractivity contribution in [2.75, 3.05) is 13.7 Å². The fourth-order valence-corrected chi connectivity index (χ4v) is 2.46. The lowest BCUT2D eigenvalue weighted by Gasteiger charge is -2.18. The number of rotatable bonds is 5. The number of carbonyl (C=O) groups is 1. The lowest BCUT2D eigenvalue weighted by molar-refractivity contribution is 0.0828. The molecule has 1 atom stereocenters. The molecule has 110 valence electrons. The van der Waals surface area contributed by atoms with Crippen LogP contribution in [-0.4, -0.2) is 19.6 Å². The topological polar surface area (TPSA) is 38.3 Å². The summed E-state index contributed by atoms with van der Waals surface area (Å²) in [5.74, 6) is -0.241. The van der Waals surface area contributed by atoms with E-state index in [0.717, 1.165) is 5.56 Å². The highest BCUT2D eigenvalue weighted by Gasteiger charge is 2.16. The second kappa shape index (κ2) is 7.46. The van der Waals surface area contributed by atoms with Crippen LogP contribution in [0, 0.1) is 0 Å². The molecule has 0 radical (unpaired) electrons. The van der Waals surface area contributed by atoms with Crippen molar-refractivity contribution in [1.29, 1.82) is 0 Å². The first-order valence-corrected chi connectivity index (χ1v) is 7.19. The van der Waals surface area contributed by atoms with Gasteiger partial charge in [0.25, 0.3) is 5.91 Å². The van der Waals surface area contributed by atoms with E-state index in [4.69, 9.17) is 27.9 Å². The maximum Gasteiger partial charge on any atom is 0.252 e. The minimum absolute atomic E-state index is 0.241. The van der Waals surface area contributed by atoms with Crippen molar-refractivity contribution in [2.24, 2.45) is 0 Å². The van der Waals surface area contributed by atoms with Crippen molar-refractivity contribution in [1.82, 2.24) is 5.32 Å². The fraction of sp³-hybridized carbons (Fsp3) is 0.188. The normalized spacial score (nSPS) is 12.0. The highest BCUT2D eigenvalue weighted by atomic mass is 35.5. The third kappa shape index (κ3) is 3.97. The van der Waals surface area contributed by atoms with Crippen LogP contribution in [0.5, 0.6) is 0 Å². The van der Waals surface area contributed by atoms with Gasteiger partial charge in [-0.2, -0.15) is 0 Å². The van der Waals surface area contributed by atoms with E-state index in [9.17, 15) is 4.79 Å². The van der Waals surface area contributed by atoms with E-state index in [-0.39, 0.29) is 12.0 Å². The molecule has 0 saturated heterocycles. The average molecular weight is 324 g/mol. The zero-order valence-corrected chi connectivity index (χ0v) is 13.0. The summed E-state index contributed by atoms with van der Waals surface area (Å²) >= 11 is 12.1. The third-order valence-corrected chi connectivity index (χ3v) is 3.78. The highest BCUT2D eigenvalue weighted by Crippen LogP contribution is 2.24. The largest absolute Gasteiger partial charge is 0.375 e. The molecule has 5 heteroatoms. The number of hydrogen-bond donors (Lipinski definition) is 1. The van der Waals surface area contributed by atoms with Gasteiger partial charge in [0.05, 0.1) is 10.6 Å². The first-order valence-electron chi connectivity index (χ1n) is 6.43. The monoisotopic (exact) mass is 323 g/mol. The molecule has 0 aliphatic heterocycles. The summed E-state index contributed by atoms with van der Waals surface area (Å²) < 4.78 is 5.40. The Hall–Kier alpha value is -1.55. The highest BCUT2D eigenvalue weighted by molar-refractivity contribution is 6.33. The summed E-state index contributed by atoms with van der Waals surface area (Å²) in [6.07, 6.45) is -0.315. The van der Waals surface area contributed by atoms with Crippen molar-refractivity contribution in [2.45, 2.75) is 6.10 Å². The predicted octanol–water partition coefficient (Wildman–Crippen LogP) is 4.11. The van der Waals surface area contributed by atoms with E-state index < -0.39 is 0 Å². The fourth-order valence-electron chi connectivity index (χ4n) is 1.98. The number of carbonyl (C=O) groups excluding carboxylic acids is 1. The summed E-state index contributed by atoms with van der Waals surface area (Å²) in [7, 11) is 1.58. The van der Waals surface area contributed by atoms with Crippen molar-refractivity contribution in [3.63, 3.8) is 0 Å². The van der Waals surface area contributed by atoms with E-state index in [0.29, 0.717) is 22.2 Å². The molecule has 0 spiro atoms. The number of methoxy groups -OCH3 is 1. The van der Waals surface area contributed by atoms with Crippen LogP contribution in [0.4, 0.5) is 0 Å². The van der Waals surface area contributed by atoms with Crippen LogP contribution in [-0.2, 0) is 4.74 Å². The second-order valence-corrected chi connectivity index (χ2v) is 5.25. The van der Waals surface area contributed by atoms with Crippen molar-refractivity contribution >= 4 is 29.1 Å². The van der Waals surface area contributed by atoms with Gasteiger partial charge in [0, 0.05) is 24.2 Å². The molecule has 2 rings (SSSR count). The molecule has 1 N–H and O–H groups in total. The van der Waals surface area contributed by atoms with Gasteiger partial charge in [-0.05, 0) is 18.2 Å². The van der Waals surface area contributed by atoms with Gasteiger partial charge >= 0.3 is 0 Å². The van der Waals surface area contributed by atoms with E-state index in [1.165, 1.54) is 0 Å². The molecule has 0 bridgehead atoms. The lowest BCUT2D eigenvalue weighted by Crippen LogP contribution is -2.29. The molecule has 0 fully saturated rings. The summed E-state index contributed by atoms with van der Waals surface area (Å²) in [6.45, 7) is 0.310. The number of nitrogens with one attached hydrogen (secondary N) is 1. The van der Waals surface area contributed by atoms with Gasteiger partial charge in [0.2, 0.25) is 0 Å². The molecule has 0 saturated carbocycles. The van der Waals surface area contributed by atoms with Gasteiger partial charge in [-0.3, -0.25) is 4.79 Å². The molecule has 2 aromatic carbocycles. The zero-order valence-electron chi connectivity index (χ0n) is 11.5. The number of hydrogen-bond acceptors (Lipinski definition) is 2. The van der Waals surface area contributed by atoms with Crippen LogP contribution in [0.15, 0.2) is 48.5 Å². The van der Waals surface area contributed by atoms with Crippen LogP contribution in [0.3, 0.4) is 0 Å². The third-order valence-electron chi connectivity index (χ3n) is 3.10. The molecular formula is C16H15Cl2NO2. The molecule has 0 aromatic heterocycles. The van der Waals surface area contributed by atoms with Gasteiger partial charge in [-0.15, -0.1) is 0 Å². The summed E-state index contributed by atoms with van der Waals surface area (Å²) in [5, 5.41) is 3.84. The SMILES string of the molecule is COC(CNC(=O)c1ccccc1Cl)c1ccccc1Cl. The maximum absolute atomic E-state index is 12.1. The molecule has 0 heterocycles. The van der Waals surface area contributed by atoms with Crippen molar-refractivity contribution < 1.29 is 9.53 Å². The van der Waals surface area contributed by atoms with Crippen molar-refractivity contribution in [3.05, 3.63) is 69.7 Å². The molecule has 1 unspecified atom stereocenters. The number of halogens is 2. The van der Waals surface area contributed by atoms with E-state index in [1.807, 2.05) is 18.2 Å². The Morgan fingerprint density at radius 3 is 2.33 bits per heavy atom. The Bertz CT molecular complexity index is 631. The van der Waals surface area contributed by atoms with Crippen LogP contribution in [0.25, 0.3) is 0 Å². The van der Waals surface area contributed by atoms with E-state index in [2.05, 4.69) is 5.32 Å². The standard InChI is InChI=1S/C16H15Cl2NO2/c1-21-15(11-6-2-4-8-13(11)17)10-19-16(20)12-7-3-5-9-14(12)18/h2-9,15H,10H2,1H3,(H,19,20). The first-order chi connectivity index (χ1) is 10.1. The molecule has 1 amide bonds. The lowest BCUT2D eigenvalue weighted by atomic mass is 10.1. The Morgan fingerprint density at radius 1 is 1.10 bits per heavy atom. The van der Waals surface area contributed by atoms with E-state index >= 15 is 0 Å². The van der Waals surface area contributed by atoms with Gasteiger partial charge in [-0.1, -0.05) is 53.5 Å². The van der Waals surface area contributed by atoms with Crippen molar-refractivity contribution in [3.8, 4) is 0 Å². The Kier molecular flexibility index (Phi) is 5.62. The average Bonchev–Trinajstić information content (AvgIpc) is 2.49. The molecule has 0 aliphatic rings. The number of ether oxygens (including phenoxy) is 1. The second-order valence-electron chi connectivity index (χ2n) is 4.44. The molecule has 0 aliphatic carbocycles. The Morgan fingerprint density at radius 2 is 1.71 bits per heavy atom. The quantitative estimate of drug-likeness (QED) is 0.899. The van der Waals surface area contributed by atoms with Crippen LogP contribution >= 0.6 is 23.2 Å². The Labute approximate surface area is 133 Å². The molecular weight excluding hydrogens is 309 g/mol. The summed E-state index contributed by atoms with van der Waals surface area (Å²) in [4.78, 5) is 12.1. The summed E-state index contributed by atoms with van der Waals surface area (Å²) in [5.41, 5.74) is 1.27. The number of benzene rings is 2. The number of amides is 1. The molecule has 3 nitrogen and oxygen atoms in total. The minimum atomic E-state index is -0.315. The Balaban J connectivity index is 2.06. The smallest absolute Gasteiger partial charge is 0.252 e. The van der Waals surface area contributed by atoms with Crippen LogP contribution in [0.1, 0.15) is 22.0 Å². The van der Waals surface area contributed by atoms with Gasteiger partial charge in [0.15, 0.2) is 0 Å². The molecule has 21 heavy (non-hydrogen) atoms. The first kappa shape index (κ1) is 15.8. The molecule has 2 aromatic rings. The predicted molar refractivity (Wildman–Crippen MR) is 85.0 cm³/mol. The minimum Gasteiger partial charge on any atom is -0.375 e. The van der Waals surface area contributed by atoms with Gasteiger partial charge < -0.3 is 10.1 Å². The van der Waals surface area contributed by atoms with Crippen LogP contribution < -0.4 is 5.32 Å². The zero-order chi connectivity index (χ0) is 15.2. The van der Waals surface area contributed by atoms with E-state index in [1.54, 1.807) is 37.4 Å². The summed E-state index contributed by atoms with van der Waals surface area (Å²) in [6, 6.07) is 14.3. The maximum atomic E-state index is 12.1.